The van der Waals surface area contributed by atoms with E-state index in [1.54, 1.807) is 69.3 Å². The minimum absolute atomic E-state index is 0.164. The number of hydrogen-bond donors (Lipinski definition) is 3. The number of thiazole rings is 1. The highest BCUT2D eigenvalue weighted by atomic mass is 32.2. The Morgan fingerprint density at radius 3 is 2.43 bits per heavy atom. The highest BCUT2D eigenvalue weighted by Crippen LogP contribution is 2.39. The zero-order valence-electron chi connectivity index (χ0n) is 27.8. The number of fused-ring (bicyclic) bond motifs is 1. The predicted molar refractivity (Wildman–Crippen MR) is 196 cm³/mol. The van der Waals surface area contributed by atoms with Gasteiger partial charge in [-0.1, -0.05) is 66.4 Å². The van der Waals surface area contributed by atoms with Crippen LogP contribution in [0.4, 0.5) is 16.2 Å². The largest absolute Gasteiger partial charge is 0.444 e. The number of anilines is 1. The Kier molecular flexibility index (Phi) is 12.1. The summed E-state index contributed by atoms with van der Waals surface area (Å²) in [6.45, 7) is 5.15. The molecular weight excluding hydrogens is 693 g/mol. The predicted octanol–water partition coefficient (Wildman–Crippen LogP) is 7.17. The van der Waals surface area contributed by atoms with Crippen LogP contribution in [0.1, 0.15) is 42.3 Å². The summed E-state index contributed by atoms with van der Waals surface area (Å²) in [7, 11) is 0. The highest BCUT2D eigenvalue weighted by Gasteiger charge is 2.25. The summed E-state index contributed by atoms with van der Waals surface area (Å²) in [5.41, 5.74) is 4.46. The Balaban J connectivity index is 1.23. The van der Waals surface area contributed by atoms with Gasteiger partial charge in [0.2, 0.25) is 0 Å². The first kappa shape index (κ1) is 36.6. The molecule has 0 bridgehead atoms. The first-order valence-electron chi connectivity index (χ1n) is 15.6. The molecule has 0 saturated heterocycles. The standard InChI is InChI=1S/C36H34N6O7S2/c1-36(2,3)49-34(45)39-28(22-48-21-23-10-6-4-7-11-23)33(44)41-37-20-24-14-17-30(29(18-24)42(46)47)50-35-40-27-16-15-26(19-31(27)51-35)38-32(43)25-12-8-5-9-13-25/h4-20,28H,21-22H2,1-3H3,(H,38,43)(H,39,45)(H,41,44)/b37-20-/t28-/m0/s1. The molecule has 5 aromatic rings. The molecule has 15 heteroatoms. The van der Waals surface area contributed by atoms with Crippen LogP contribution < -0.4 is 16.1 Å². The molecule has 1 heterocycles. The molecule has 262 valence electrons. The second-order valence-corrected chi connectivity index (χ2v) is 14.3. The van der Waals surface area contributed by atoms with Gasteiger partial charge in [0, 0.05) is 22.9 Å². The normalized spacial score (nSPS) is 12.0. The second kappa shape index (κ2) is 16.8. The Hall–Kier alpha value is -5.64. The summed E-state index contributed by atoms with van der Waals surface area (Å²) in [5.74, 6) is -0.913. The molecule has 0 aliphatic heterocycles. The van der Waals surface area contributed by atoms with Crippen LogP contribution in [-0.2, 0) is 20.9 Å². The summed E-state index contributed by atoms with van der Waals surface area (Å²) in [6.07, 6.45) is 0.458. The van der Waals surface area contributed by atoms with Gasteiger partial charge in [-0.15, -0.1) is 11.3 Å². The molecule has 0 radical (unpaired) electrons. The first-order chi connectivity index (χ1) is 24.4. The number of rotatable bonds is 13. The van der Waals surface area contributed by atoms with Crippen LogP contribution in [0, 0.1) is 10.1 Å². The Labute approximate surface area is 301 Å². The minimum atomic E-state index is -1.14. The summed E-state index contributed by atoms with van der Waals surface area (Å²) in [4.78, 5) is 54.5. The summed E-state index contributed by atoms with van der Waals surface area (Å²) in [6, 6.07) is 26.9. The van der Waals surface area contributed by atoms with Gasteiger partial charge >= 0.3 is 6.09 Å². The molecule has 0 aliphatic rings. The average Bonchev–Trinajstić information content (AvgIpc) is 3.50. The molecule has 1 atom stereocenters. The monoisotopic (exact) mass is 726 g/mol. The maximum atomic E-state index is 13.0. The van der Waals surface area contributed by atoms with Crippen molar-refractivity contribution < 1.29 is 28.8 Å². The van der Waals surface area contributed by atoms with Crippen LogP contribution >= 0.6 is 23.1 Å². The number of carbonyl (C=O) groups excluding carboxylic acids is 3. The van der Waals surface area contributed by atoms with Gasteiger partial charge in [0.25, 0.3) is 17.5 Å². The lowest BCUT2D eigenvalue weighted by atomic mass is 10.2. The number of carbonyl (C=O) groups is 3. The molecule has 0 spiro atoms. The number of nitrogens with one attached hydrogen (secondary N) is 3. The second-order valence-electron chi connectivity index (χ2n) is 12.0. The van der Waals surface area contributed by atoms with Crippen molar-refractivity contribution >= 4 is 68.8 Å². The lowest BCUT2D eigenvalue weighted by Gasteiger charge is -2.22. The maximum Gasteiger partial charge on any atom is 0.408 e. The van der Waals surface area contributed by atoms with E-state index in [9.17, 15) is 24.5 Å². The summed E-state index contributed by atoms with van der Waals surface area (Å²) >= 11 is 2.48. The number of ether oxygens (including phenoxy) is 2. The van der Waals surface area contributed by atoms with Crippen LogP contribution in [-0.4, -0.2) is 52.3 Å². The topological polar surface area (TPSA) is 174 Å². The highest BCUT2D eigenvalue weighted by molar-refractivity contribution is 8.01. The average molecular weight is 727 g/mol. The van der Waals surface area contributed by atoms with E-state index < -0.39 is 28.6 Å². The van der Waals surface area contributed by atoms with E-state index in [0.717, 1.165) is 22.0 Å². The summed E-state index contributed by atoms with van der Waals surface area (Å²) in [5, 5.41) is 21.4. The SMILES string of the molecule is CC(C)(C)OC(=O)N[C@@H](COCc1ccccc1)C(=O)N/N=C\c1ccc(Sc2nc3ccc(NC(=O)c4ccccc4)cc3s2)c([N+](=O)[O-])c1. The first-order valence-corrected chi connectivity index (χ1v) is 17.2. The number of benzene rings is 4. The number of aromatic nitrogens is 1. The van der Waals surface area contributed by atoms with Gasteiger partial charge in [0.1, 0.15) is 11.6 Å². The molecule has 3 N–H and O–H groups in total. The van der Waals surface area contributed by atoms with Crippen molar-refractivity contribution in [2.24, 2.45) is 5.10 Å². The fourth-order valence-corrected chi connectivity index (χ4v) is 6.65. The fraction of sp³-hybridized carbons (Fsp3) is 0.194. The van der Waals surface area contributed by atoms with Crippen molar-refractivity contribution in [3.63, 3.8) is 0 Å². The van der Waals surface area contributed by atoms with Gasteiger partial charge < -0.3 is 20.1 Å². The van der Waals surface area contributed by atoms with Crippen molar-refractivity contribution in [2.45, 2.75) is 48.3 Å². The Morgan fingerprint density at radius 2 is 1.73 bits per heavy atom. The molecule has 51 heavy (non-hydrogen) atoms. The van der Waals surface area contributed by atoms with Crippen molar-refractivity contribution in [3.05, 3.63) is 124 Å². The zero-order chi connectivity index (χ0) is 36.4. The number of hydrazone groups is 1. The summed E-state index contributed by atoms with van der Waals surface area (Å²) < 4.78 is 12.3. The molecule has 0 unspecified atom stereocenters. The number of nitro groups is 1. The Morgan fingerprint density at radius 1 is 1.00 bits per heavy atom. The molecular formula is C36H34N6O7S2. The van der Waals surface area contributed by atoms with Crippen LogP contribution in [0.2, 0.25) is 0 Å². The van der Waals surface area contributed by atoms with Gasteiger partial charge in [-0.2, -0.15) is 5.10 Å². The van der Waals surface area contributed by atoms with Gasteiger partial charge in [-0.05, 0) is 62.7 Å². The molecule has 0 aliphatic carbocycles. The third kappa shape index (κ3) is 10.9. The molecule has 1 aromatic heterocycles. The van der Waals surface area contributed by atoms with E-state index >= 15 is 0 Å². The Bertz CT molecular complexity index is 2050. The molecule has 5 rings (SSSR count). The third-order valence-corrected chi connectivity index (χ3v) is 8.98. The van der Waals surface area contributed by atoms with E-state index in [1.807, 2.05) is 42.5 Å². The number of hydrogen-bond acceptors (Lipinski definition) is 11. The number of alkyl carbamates (subject to hydrolysis) is 1. The van der Waals surface area contributed by atoms with E-state index in [-0.39, 0.29) is 24.8 Å². The quantitative estimate of drug-likeness (QED) is 0.0646. The van der Waals surface area contributed by atoms with E-state index in [4.69, 9.17) is 9.47 Å². The van der Waals surface area contributed by atoms with Gasteiger partial charge in [0.15, 0.2) is 4.34 Å². The lowest BCUT2D eigenvalue weighted by molar-refractivity contribution is -0.387. The van der Waals surface area contributed by atoms with E-state index in [0.29, 0.717) is 31.6 Å². The van der Waals surface area contributed by atoms with Crippen LogP contribution in [0.5, 0.6) is 0 Å². The number of amides is 3. The van der Waals surface area contributed by atoms with Crippen LogP contribution in [0.25, 0.3) is 10.2 Å². The molecule has 13 nitrogen and oxygen atoms in total. The molecule has 0 saturated carbocycles. The van der Waals surface area contributed by atoms with Crippen molar-refractivity contribution in [1.82, 2.24) is 15.7 Å². The van der Waals surface area contributed by atoms with Crippen molar-refractivity contribution in [1.29, 1.82) is 0 Å². The molecule has 4 aromatic carbocycles. The van der Waals surface area contributed by atoms with Crippen molar-refractivity contribution in [3.8, 4) is 0 Å². The fourth-order valence-electron chi connectivity index (χ4n) is 4.51. The maximum absolute atomic E-state index is 13.0. The van der Waals surface area contributed by atoms with E-state index in [2.05, 4.69) is 26.1 Å². The van der Waals surface area contributed by atoms with E-state index in [1.165, 1.54) is 23.6 Å². The van der Waals surface area contributed by atoms with Crippen molar-refractivity contribution in [2.75, 3.05) is 11.9 Å². The van der Waals surface area contributed by atoms with Gasteiger partial charge in [-0.3, -0.25) is 19.7 Å². The zero-order valence-corrected chi connectivity index (χ0v) is 29.5. The molecule has 3 amide bonds. The van der Waals surface area contributed by atoms with Gasteiger partial charge in [-0.25, -0.2) is 15.2 Å². The van der Waals surface area contributed by atoms with Crippen LogP contribution in [0.3, 0.4) is 0 Å². The third-order valence-electron chi connectivity index (χ3n) is 6.83. The number of nitrogens with zero attached hydrogens (tertiary/aromatic N) is 3. The number of nitro benzene ring substituents is 1. The molecule has 0 fully saturated rings. The minimum Gasteiger partial charge on any atom is -0.444 e. The van der Waals surface area contributed by atoms with Gasteiger partial charge in [0.05, 0.1) is 39.5 Å². The lowest BCUT2D eigenvalue weighted by Crippen LogP contribution is -2.49. The smallest absolute Gasteiger partial charge is 0.408 e. The van der Waals surface area contributed by atoms with Crippen LogP contribution in [0.15, 0.2) is 111 Å².